The van der Waals surface area contributed by atoms with Crippen molar-refractivity contribution >= 4 is 5.95 Å². The van der Waals surface area contributed by atoms with E-state index in [0.29, 0.717) is 0 Å². The Bertz CT molecular complexity index is 377. The predicted molar refractivity (Wildman–Crippen MR) is 71.8 cm³/mol. The molecule has 1 aliphatic rings. The van der Waals surface area contributed by atoms with Crippen LogP contribution < -0.4 is 10.2 Å². The van der Waals surface area contributed by atoms with Gasteiger partial charge in [0.05, 0.1) is 13.2 Å². The molecule has 0 radical (unpaired) electrons. The van der Waals surface area contributed by atoms with Crippen molar-refractivity contribution in [3.63, 3.8) is 0 Å². The Hall–Kier alpha value is -1.20. The molecule has 0 bridgehead atoms. The van der Waals surface area contributed by atoms with Crippen LogP contribution in [0.2, 0.25) is 0 Å². The van der Waals surface area contributed by atoms with Gasteiger partial charge in [-0.15, -0.1) is 0 Å². The summed E-state index contributed by atoms with van der Waals surface area (Å²) in [6, 6.07) is 0. The van der Waals surface area contributed by atoms with Crippen LogP contribution in [0.25, 0.3) is 0 Å². The summed E-state index contributed by atoms with van der Waals surface area (Å²) in [6.45, 7) is 9.39. The van der Waals surface area contributed by atoms with Crippen molar-refractivity contribution in [3.05, 3.63) is 17.5 Å². The van der Waals surface area contributed by atoms with Gasteiger partial charge < -0.3 is 15.0 Å². The van der Waals surface area contributed by atoms with Gasteiger partial charge in [0.1, 0.15) is 0 Å². The van der Waals surface area contributed by atoms with Crippen LogP contribution in [0.5, 0.6) is 0 Å². The third kappa shape index (κ3) is 3.40. The highest BCUT2D eigenvalue weighted by Crippen LogP contribution is 2.12. The second-order valence-electron chi connectivity index (χ2n) is 4.56. The molecule has 1 N–H and O–H groups in total. The first-order valence-corrected chi connectivity index (χ1v) is 6.67. The lowest BCUT2D eigenvalue weighted by molar-refractivity contribution is 0.122. The van der Waals surface area contributed by atoms with Crippen LogP contribution in [-0.2, 0) is 11.3 Å². The van der Waals surface area contributed by atoms with Crippen LogP contribution in [0.1, 0.15) is 24.6 Å². The third-order valence-corrected chi connectivity index (χ3v) is 3.10. The van der Waals surface area contributed by atoms with Gasteiger partial charge in [0.15, 0.2) is 0 Å². The Morgan fingerprint density at radius 1 is 1.39 bits per heavy atom. The van der Waals surface area contributed by atoms with Crippen molar-refractivity contribution in [1.29, 1.82) is 0 Å². The Labute approximate surface area is 109 Å². The molecule has 1 saturated heterocycles. The maximum Gasteiger partial charge on any atom is 0.225 e. The fourth-order valence-electron chi connectivity index (χ4n) is 1.97. The standard InChI is InChI=1S/C13H22N4O/c1-3-4-14-9-12-10-15-13(16-11(12)2)17-5-7-18-8-6-17/h10,14H,3-9H2,1-2H3. The molecule has 5 nitrogen and oxygen atoms in total. The average Bonchev–Trinajstić information content (AvgIpc) is 2.42. The summed E-state index contributed by atoms with van der Waals surface area (Å²) in [7, 11) is 0. The largest absolute Gasteiger partial charge is 0.378 e. The summed E-state index contributed by atoms with van der Waals surface area (Å²) < 4.78 is 5.33. The second-order valence-corrected chi connectivity index (χ2v) is 4.56. The molecule has 100 valence electrons. The molecule has 1 aliphatic heterocycles. The van der Waals surface area contributed by atoms with Crippen molar-refractivity contribution < 1.29 is 4.74 Å². The van der Waals surface area contributed by atoms with E-state index in [0.717, 1.165) is 57.5 Å². The van der Waals surface area contributed by atoms with E-state index in [4.69, 9.17) is 4.74 Å². The van der Waals surface area contributed by atoms with E-state index >= 15 is 0 Å². The van der Waals surface area contributed by atoms with E-state index < -0.39 is 0 Å². The number of aromatic nitrogens is 2. The van der Waals surface area contributed by atoms with Crippen LogP contribution >= 0.6 is 0 Å². The van der Waals surface area contributed by atoms with E-state index in [2.05, 4.69) is 34.0 Å². The number of aryl methyl sites for hydroxylation is 1. The minimum absolute atomic E-state index is 0.766. The minimum Gasteiger partial charge on any atom is -0.378 e. The molecule has 5 heteroatoms. The topological polar surface area (TPSA) is 50.3 Å². The third-order valence-electron chi connectivity index (χ3n) is 3.10. The SMILES string of the molecule is CCCNCc1cnc(N2CCOCC2)nc1C. The number of hydrogen-bond donors (Lipinski definition) is 1. The number of morpholine rings is 1. The second kappa shape index (κ2) is 6.66. The van der Waals surface area contributed by atoms with Crippen molar-refractivity contribution in [3.8, 4) is 0 Å². The van der Waals surface area contributed by atoms with Gasteiger partial charge in [-0.2, -0.15) is 0 Å². The maximum absolute atomic E-state index is 5.33. The molecule has 18 heavy (non-hydrogen) atoms. The summed E-state index contributed by atoms with van der Waals surface area (Å²) in [4.78, 5) is 11.2. The number of rotatable bonds is 5. The maximum atomic E-state index is 5.33. The molecule has 0 atom stereocenters. The van der Waals surface area contributed by atoms with Gasteiger partial charge in [-0.3, -0.25) is 0 Å². The summed E-state index contributed by atoms with van der Waals surface area (Å²) in [5.74, 6) is 0.829. The molecule has 1 fully saturated rings. The van der Waals surface area contributed by atoms with Gasteiger partial charge in [0.25, 0.3) is 0 Å². The van der Waals surface area contributed by atoms with E-state index in [9.17, 15) is 0 Å². The zero-order chi connectivity index (χ0) is 12.8. The van der Waals surface area contributed by atoms with E-state index in [1.807, 2.05) is 6.20 Å². The summed E-state index contributed by atoms with van der Waals surface area (Å²) >= 11 is 0. The first-order chi connectivity index (χ1) is 8.81. The monoisotopic (exact) mass is 250 g/mol. The van der Waals surface area contributed by atoms with Gasteiger partial charge in [-0.25, -0.2) is 9.97 Å². The zero-order valence-electron chi connectivity index (χ0n) is 11.3. The smallest absolute Gasteiger partial charge is 0.225 e. The zero-order valence-corrected chi connectivity index (χ0v) is 11.3. The van der Waals surface area contributed by atoms with Gasteiger partial charge in [-0.1, -0.05) is 6.92 Å². The molecular weight excluding hydrogens is 228 g/mol. The van der Waals surface area contributed by atoms with E-state index in [1.54, 1.807) is 0 Å². The first-order valence-electron chi connectivity index (χ1n) is 6.67. The molecule has 1 aromatic heterocycles. The number of nitrogens with zero attached hydrogens (tertiary/aromatic N) is 3. The molecule has 0 unspecified atom stereocenters. The summed E-state index contributed by atoms with van der Waals surface area (Å²) in [6.07, 6.45) is 3.08. The van der Waals surface area contributed by atoms with Gasteiger partial charge >= 0.3 is 0 Å². The van der Waals surface area contributed by atoms with Crippen LogP contribution in [0.4, 0.5) is 5.95 Å². The van der Waals surface area contributed by atoms with Crippen molar-refractivity contribution in [2.24, 2.45) is 0 Å². The molecule has 0 saturated carbocycles. The van der Waals surface area contributed by atoms with Gasteiger partial charge in [0, 0.05) is 37.1 Å². The predicted octanol–water partition coefficient (Wildman–Crippen LogP) is 1.12. The number of ether oxygens (including phenoxy) is 1. The molecule has 0 aliphatic carbocycles. The molecular formula is C13H22N4O. The van der Waals surface area contributed by atoms with Crippen molar-refractivity contribution in [2.45, 2.75) is 26.8 Å². The van der Waals surface area contributed by atoms with E-state index in [-0.39, 0.29) is 0 Å². The molecule has 0 amide bonds. The molecule has 0 spiro atoms. The first kappa shape index (κ1) is 13.2. The number of anilines is 1. The molecule has 1 aromatic rings. The van der Waals surface area contributed by atoms with Gasteiger partial charge in [-0.05, 0) is 19.9 Å². The molecule has 2 heterocycles. The highest BCUT2D eigenvalue weighted by atomic mass is 16.5. The summed E-state index contributed by atoms with van der Waals surface area (Å²) in [5, 5.41) is 3.38. The van der Waals surface area contributed by atoms with Crippen LogP contribution in [-0.4, -0.2) is 42.8 Å². The highest BCUT2D eigenvalue weighted by molar-refractivity contribution is 5.33. The van der Waals surface area contributed by atoms with Crippen LogP contribution in [0, 0.1) is 6.92 Å². The fourth-order valence-corrected chi connectivity index (χ4v) is 1.97. The lowest BCUT2D eigenvalue weighted by Crippen LogP contribution is -2.37. The van der Waals surface area contributed by atoms with Crippen LogP contribution in [0.15, 0.2) is 6.20 Å². The Balaban J connectivity index is 1.99. The molecule has 2 rings (SSSR count). The normalized spacial score (nSPS) is 16.0. The minimum atomic E-state index is 0.766. The fraction of sp³-hybridized carbons (Fsp3) is 0.692. The van der Waals surface area contributed by atoms with Crippen molar-refractivity contribution in [2.75, 3.05) is 37.7 Å². The van der Waals surface area contributed by atoms with E-state index in [1.165, 1.54) is 5.56 Å². The Morgan fingerprint density at radius 3 is 2.83 bits per heavy atom. The molecule has 0 aromatic carbocycles. The average molecular weight is 250 g/mol. The van der Waals surface area contributed by atoms with Crippen molar-refractivity contribution in [1.82, 2.24) is 15.3 Å². The lowest BCUT2D eigenvalue weighted by atomic mass is 10.2. The Morgan fingerprint density at radius 2 is 2.17 bits per heavy atom. The quantitative estimate of drug-likeness (QED) is 0.794. The lowest BCUT2D eigenvalue weighted by Gasteiger charge is -2.27. The van der Waals surface area contributed by atoms with Crippen LogP contribution in [0.3, 0.4) is 0 Å². The van der Waals surface area contributed by atoms with Gasteiger partial charge in [0.2, 0.25) is 5.95 Å². The number of nitrogens with one attached hydrogen (secondary N) is 1. The highest BCUT2D eigenvalue weighted by Gasteiger charge is 2.14. The summed E-state index contributed by atoms with van der Waals surface area (Å²) in [5.41, 5.74) is 2.25. The Kier molecular flexibility index (Phi) is 4.90. The number of hydrogen-bond acceptors (Lipinski definition) is 5.